The van der Waals surface area contributed by atoms with Gasteiger partial charge in [-0.15, -0.1) is 0 Å². The van der Waals surface area contributed by atoms with Gasteiger partial charge in [-0.2, -0.15) is 0 Å². The number of aliphatic hydroxyl groups excluding tert-OH is 1. The van der Waals surface area contributed by atoms with Crippen molar-refractivity contribution in [3.63, 3.8) is 0 Å². The second-order valence-corrected chi connectivity index (χ2v) is 11.7. The third-order valence-electron chi connectivity index (χ3n) is 5.72. The van der Waals surface area contributed by atoms with Crippen LogP contribution in [0, 0.1) is 16.0 Å². The summed E-state index contributed by atoms with van der Waals surface area (Å²) in [5, 5.41) is 20.7. The van der Waals surface area contributed by atoms with Crippen LogP contribution in [0.5, 0.6) is 0 Å². The van der Waals surface area contributed by atoms with Crippen molar-refractivity contribution in [2.75, 3.05) is 18.6 Å². The van der Waals surface area contributed by atoms with E-state index >= 15 is 0 Å². The number of hydrogen-bond acceptors (Lipinski definition) is 6. The molecule has 0 bridgehead atoms. The molecule has 0 unspecified atom stereocenters. The molecule has 1 fully saturated rings. The Hall–Kier alpha value is -1.81. The van der Waals surface area contributed by atoms with Crippen LogP contribution in [-0.2, 0) is 15.1 Å². The predicted molar refractivity (Wildman–Crippen MR) is 97.4 cm³/mol. The third kappa shape index (κ3) is 2.49. The van der Waals surface area contributed by atoms with Gasteiger partial charge in [-0.25, -0.2) is 0 Å². The molecule has 26 heavy (non-hydrogen) atoms. The summed E-state index contributed by atoms with van der Waals surface area (Å²) in [4.78, 5) is 36.2. The molecule has 1 aromatic carbocycles. The maximum atomic E-state index is 13.2. The number of anilines is 1. The highest BCUT2D eigenvalue weighted by Crippen LogP contribution is 2.59. The van der Waals surface area contributed by atoms with E-state index < -0.39 is 24.9 Å². The average Bonchev–Trinajstić information content (AvgIpc) is 2.96. The van der Waals surface area contributed by atoms with E-state index in [4.69, 9.17) is 4.74 Å². The molecule has 0 aromatic heterocycles. The molecule has 2 aliphatic rings. The molecule has 3 rings (SSSR count). The predicted octanol–water partition coefficient (Wildman–Crippen LogP) is 1.75. The molecule has 8 nitrogen and oxygen atoms in total. The van der Waals surface area contributed by atoms with Crippen LogP contribution >= 0.6 is 0 Å². The van der Waals surface area contributed by atoms with Gasteiger partial charge in [0.1, 0.15) is 0 Å². The van der Waals surface area contributed by atoms with Gasteiger partial charge in [0.25, 0.3) is 11.6 Å². The minimum Gasteiger partial charge on any atom is -0.432 e. The maximum Gasteiger partial charge on any atom is 0.269 e. The van der Waals surface area contributed by atoms with Crippen LogP contribution in [0.3, 0.4) is 0 Å². The molecule has 1 spiro atoms. The third-order valence-corrected chi connectivity index (χ3v) is 8.23. The van der Waals surface area contributed by atoms with Gasteiger partial charge in [0.2, 0.25) is 0 Å². The Morgan fingerprint density at radius 2 is 2.08 bits per heavy atom. The molecule has 0 aliphatic carbocycles. The van der Waals surface area contributed by atoms with Gasteiger partial charge in [0.15, 0.2) is 13.9 Å². The van der Waals surface area contributed by atoms with E-state index in [9.17, 15) is 24.8 Å². The Balaban J connectivity index is 2.20. The highest BCUT2D eigenvalue weighted by Gasteiger charge is 2.65. The summed E-state index contributed by atoms with van der Waals surface area (Å²) in [5.41, 5.74) is -0.710. The Bertz CT molecular complexity index is 764. The number of rotatable bonds is 4. The number of ether oxygens (including phenoxy) is 1. The average molecular weight is 380 g/mol. The molecule has 4 atom stereocenters. The van der Waals surface area contributed by atoms with Gasteiger partial charge in [-0.1, -0.05) is 6.92 Å². The number of non-ortho nitro benzene ring substituents is 1. The van der Waals surface area contributed by atoms with Crippen molar-refractivity contribution in [1.29, 1.82) is 0 Å². The van der Waals surface area contributed by atoms with Crippen LogP contribution in [0.15, 0.2) is 18.2 Å². The summed E-state index contributed by atoms with van der Waals surface area (Å²) < 4.78 is 6.25. The van der Waals surface area contributed by atoms with E-state index in [1.807, 2.05) is 6.92 Å². The Kier molecular flexibility index (Phi) is 4.46. The number of nitrogens with zero attached hydrogens (tertiary/aromatic N) is 2. The van der Waals surface area contributed by atoms with Gasteiger partial charge in [-0.05, 0) is 25.6 Å². The van der Waals surface area contributed by atoms with Gasteiger partial charge in [-0.3, -0.25) is 14.9 Å². The molecule has 2 N–H and O–H groups in total. The van der Waals surface area contributed by atoms with E-state index in [2.05, 4.69) is 0 Å². The van der Waals surface area contributed by atoms with E-state index in [0.29, 0.717) is 17.7 Å². The lowest BCUT2D eigenvalue weighted by Crippen LogP contribution is -2.45. The zero-order valence-corrected chi connectivity index (χ0v) is 16.3. The zero-order valence-electron chi connectivity index (χ0n) is 15.3. The maximum absolute atomic E-state index is 13.2. The van der Waals surface area contributed by atoms with Crippen molar-refractivity contribution in [3.8, 4) is 0 Å². The lowest BCUT2D eigenvalue weighted by molar-refractivity contribution is -0.385. The molecular formula is C17H24N2O6Si. The summed E-state index contributed by atoms with van der Waals surface area (Å²) in [6, 6.07) is 4.33. The zero-order chi connectivity index (χ0) is 19.4. The Labute approximate surface area is 152 Å². The number of hydrogen-bond donors (Lipinski definition) is 2. The Morgan fingerprint density at radius 1 is 1.42 bits per heavy atom. The lowest BCUT2D eigenvalue weighted by atomic mass is 9.82. The van der Waals surface area contributed by atoms with Crippen LogP contribution in [0.1, 0.15) is 18.9 Å². The second-order valence-electron chi connectivity index (χ2n) is 7.70. The number of carbonyl (C=O) groups is 1. The van der Waals surface area contributed by atoms with Gasteiger partial charge in [0.05, 0.1) is 16.7 Å². The molecule has 0 saturated carbocycles. The summed E-state index contributed by atoms with van der Waals surface area (Å²) >= 11 is 0. The number of aliphatic hydroxyl groups is 1. The number of benzene rings is 1. The number of nitro groups is 1. The quantitative estimate of drug-likeness (QED) is 0.467. The van der Waals surface area contributed by atoms with E-state index in [-0.39, 0.29) is 29.7 Å². The fourth-order valence-corrected chi connectivity index (χ4v) is 7.28. The van der Waals surface area contributed by atoms with Crippen molar-refractivity contribution in [2.45, 2.75) is 43.7 Å². The van der Waals surface area contributed by atoms with Crippen LogP contribution in [0.25, 0.3) is 0 Å². The number of nitro benzene ring substituents is 1. The Morgan fingerprint density at radius 3 is 2.62 bits per heavy atom. The van der Waals surface area contributed by atoms with Gasteiger partial charge in [0, 0.05) is 42.8 Å². The monoisotopic (exact) mass is 380 g/mol. The molecule has 1 aromatic rings. The molecule has 2 heterocycles. The van der Waals surface area contributed by atoms with Crippen molar-refractivity contribution in [1.82, 2.24) is 0 Å². The fraction of sp³-hybridized carbons (Fsp3) is 0.588. The molecule has 2 aliphatic heterocycles. The fourth-order valence-electron chi connectivity index (χ4n) is 4.68. The minimum atomic E-state index is -2.73. The van der Waals surface area contributed by atoms with Gasteiger partial charge < -0.3 is 19.5 Å². The van der Waals surface area contributed by atoms with Crippen LogP contribution in [0.4, 0.5) is 11.4 Å². The summed E-state index contributed by atoms with van der Waals surface area (Å²) in [7, 11) is -1.11. The number of carbonyl (C=O) groups excluding carboxylic acids is 1. The van der Waals surface area contributed by atoms with E-state index in [0.717, 1.165) is 0 Å². The first-order valence-corrected chi connectivity index (χ1v) is 11.7. The first-order chi connectivity index (χ1) is 12.1. The standard InChI is InChI=1S/C17H24N2O6Si/c1-10-15(26(3,4)24)14(7-8-20)25-17(10)12-9-11(19(22)23)5-6-13(12)18(2)16(17)21/h5-6,9-10,14-15,20,24H,7-8H2,1-4H3/t10-,14+,15-,17+/m0/s1. The highest BCUT2D eigenvalue weighted by atomic mass is 28.4. The van der Waals surface area contributed by atoms with Gasteiger partial charge >= 0.3 is 0 Å². The number of fused-ring (bicyclic) bond motifs is 2. The first kappa shape index (κ1) is 19.0. The van der Waals surface area contributed by atoms with Crippen LogP contribution in [-0.4, -0.2) is 48.8 Å². The van der Waals surface area contributed by atoms with E-state index in [1.54, 1.807) is 26.2 Å². The molecule has 0 radical (unpaired) electrons. The van der Waals surface area contributed by atoms with Crippen molar-refractivity contribution < 1.29 is 24.4 Å². The minimum absolute atomic E-state index is 0.107. The van der Waals surface area contributed by atoms with Crippen molar-refractivity contribution >= 4 is 25.6 Å². The molecule has 142 valence electrons. The van der Waals surface area contributed by atoms with Crippen molar-refractivity contribution in [3.05, 3.63) is 33.9 Å². The molecular weight excluding hydrogens is 356 g/mol. The summed E-state index contributed by atoms with van der Waals surface area (Å²) in [5.74, 6) is -0.659. The topological polar surface area (TPSA) is 113 Å². The summed E-state index contributed by atoms with van der Waals surface area (Å²) in [6.45, 7) is 5.31. The normalized spacial score (nSPS) is 30.9. The van der Waals surface area contributed by atoms with Crippen LogP contribution < -0.4 is 4.90 Å². The summed E-state index contributed by atoms with van der Waals surface area (Å²) in [6.07, 6.45) is -0.182. The highest BCUT2D eigenvalue weighted by molar-refractivity contribution is 6.71. The molecule has 1 amide bonds. The SMILES string of the molecule is C[C@H]1[C@H]([Si](C)(C)O)[C@@H](CCO)O[C@]12C(=O)N(C)c1ccc([N+](=O)[O-])cc12. The van der Waals surface area contributed by atoms with E-state index in [1.165, 1.54) is 17.0 Å². The first-order valence-electron chi connectivity index (χ1n) is 8.63. The number of amides is 1. The smallest absolute Gasteiger partial charge is 0.269 e. The molecule has 9 heteroatoms. The molecule has 1 saturated heterocycles. The number of likely N-dealkylation sites (N-methyl/N-ethyl adjacent to an activating group) is 1. The second kappa shape index (κ2) is 6.12. The van der Waals surface area contributed by atoms with Crippen LogP contribution in [0.2, 0.25) is 18.6 Å². The lowest BCUT2D eigenvalue weighted by Gasteiger charge is -2.32. The largest absolute Gasteiger partial charge is 0.432 e. The van der Waals surface area contributed by atoms with Crippen molar-refractivity contribution in [2.24, 2.45) is 5.92 Å².